The van der Waals surface area contributed by atoms with Crippen molar-refractivity contribution in [3.8, 4) is 10.7 Å². The van der Waals surface area contributed by atoms with Gasteiger partial charge in [-0.2, -0.15) is 5.10 Å². The Balaban J connectivity index is 2.33. The molecule has 0 aromatic carbocycles. The molecular formula is C10H13N5OS. The highest BCUT2D eigenvalue weighted by Crippen LogP contribution is 2.21. The first-order valence-corrected chi connectivity index (χ1v) is 6.20. The Morgan fingerprint density at radius 3 is 2.88 bits per heavy atom. The normalized spacial score (nSPS) is 10.6. The Hall–Kier alpha value is -1.76. The van der Waals surface area contributed by atoms with Crippen LogP contribution in [-0.4, -0.2) is 20.0 Å². The molecule has 90 valence electrons. The maximum atomic E-state index is 11.6. The van der Waals surface area contributed by atoms with Crippen LogP contribution in [0, 0.1) is 0 Å². The van der Waals surface area contributed by atoms with Crippen molar-refractivity contribution in [1.29, 1.82) is 0 Å². The summed E-state index contributed by atoms with van der Waals surface area (Å²) in [4.78, 5) is 11.6. The van der Waals surface area contributed by atoms with Gasteiger partial charge in [-0.1, -0.05) is 24.7 Å². The SMILES string of the molecule is CCCCn1nc(-c2nnc(N)s2)ccc1=O. The second kappa shape index (κ2) is 5.05. The number of nitrogen functional groups attached to an aromatic ring is 1. The summed E-state index contributed by atoms with van der Waals surface area (Å²) >= 11 is 1.26. The quantitative estimate of drug-likeness (QED) is 0.880. The highest BCUT2D eigenvalue weighted by atomic mass is 32.1. The summed E-state index contributed by atoms with van der Waals surface area (Å²) in [5, 5.41) is 12.9. The van der Waals surface area contributed by atoms with Gasteiger partial charge in [-0.05, 0) is 12.5 Å². The van der Waals surface area contributed by atoms with Gasteiger partial charge in [0.15, 0.2) is 5.01 Å². The first kappa shape index (κ1) is 11.7. The molecule has 2 aromatic rings. The monoisotopic (exact) mass is 251 g/mol. The smallest absolute Gasteiger partial charge is 0.266 e. The van der Waals surface area contributed by atoms with E-state index in [4.69, 9.17) is 5.73 Å². The summed E-state index contributed by atoms with van der Waals surface area (Å²) in [5.41, 5.74) is 6.05. The first-order chi connectivity index (χ1) is 8.20. The molecule has 2 aromatic heterocycles. The number of nitrogens with zero attached hydrogens (tertiary/aromatic N) is 4. The Labute approximate surface area is 102 Å². The van der Waals surface area contributed by atoms with Gasteiger partial charge in [0.2, 0.25) is 5.13 Å². The van der Waals surface area contributed by atoms with Crippen molar-refractivity contribution in [3.05, 3.63) is 22.5 Å². The van der Waals surface area contributed by atoms with Crippen LogP contribution >= 0.6 is 11.3 Å². The molecule has 0 fully saturated rings. The van der Waals surface area contributed by atoms with Gasteiger partial charge in [0.05, 0.1) is 0 Å². The number of hydrogen-bond acceptors (Lipinski definition) is 6. The van der Waals surface area contributed by atoms with Crippen LogP contribution in [0.5, 0.6) is 0 Å². The van der Waals surface area contributed by atoms with E-state index in [0.29, 0.717) is 22.4 Å². The zero-order valence-electron chi connectivity index (χ0n) is 9.46. The van der Waals surface area contributed by atoms with Gasteiger partial charge in [-0.25, -0.2) is 4.68 Å². The predicted octanol–water partition coefficient (Wildman–Crippen LogP) is 1.14. The molecule has 7 heteroatoms. The van der Waals surface area contributed by atoms with E-state index in [2.05, 4.69) is 22.2 Å². The van der Waals surface area contributed by atoms with Crippen molar-refractivity contribution in [2.75, 3.05) is 5.73 Å². The van der Waals surface area contributed by atoms with E-state index >= 15 is 0 Å². The van der Waals surface area contributed by atoms with Crippen LogP contribution in [-0.2, 0) is 6.54 Å². The first-order valence-electron chi connectivity index (χ1n) is 5.38. The molecule has 0 unspecified atom stereocenters. The molecule has 0 radical (unpaired) electrons. The molecular weight excluding hydrogens is 238 g/mol. The van der Waals surface area contributed by atoms with Crippen LogP contribution in [0.1, 0.15) is 19.8 Å². The summed E-state index contributed by atoms with van der Waals surface area (Å²) < 4.78 is 1.45. The molecule has 6 nitrogen and oxygen atoms in total. The van der Waals surface area contributed by atoms with Crippen molar-refractivity contribution in [2.45, 2.75) is 26.3 Å². The second-order valence-corrected chi connectivity index (χ2v) is 4.59. The van der Waals surface area contributed by atoms with Gasteiger partial charge >= 0.3 is 0 Å². The minimum Gasteiger partial charge on any atom is -0.374 e. The van der Waals surface area contributed by atoms with Gasteiger partial charge in [-0.15, -0.1) is 10.2 Å². The Bertz CT molecular complexity index is 562. The lowest BCUT2D eigenvalue weighted by molar-refractivity contribution is 0.545. The number of hydrogen-bond donors (Lipinski definition) is 1. The molecule has 0 aliphatic heterocycles. The van der Waals surface area contributed by atoms with E-state index in [1.54, 1.807) is 6.07 Å². The Morgan fingerprint density at radius 2 is 2.24 bits per heavy atom. The van der Waals surface area contributed by atoms with Gasteiger partial charge in [-0.3, -0.25) is 4.79 Å². The minimum atomic E-state index is -0.0975. The number of nitrogens with two attached hydrogens (primary N) is 1. The van der Waals surface area contributed by atoms with Gasteiger partial charge in [0, 0.05) is 12.6 Å². The fraction of sp³-hybridized carbons (Fsp3) is 0.400. The van der Waals surface area contributed by atoms with Crippen LogP contribution in [0.2, 0.25) is 0 Å². The molecule has 0 aliphatic carbocycles. The summed E-state index contributed by atoms with van der Waals surface area (Å²) in [5.74, 6) is 0. The molecule has 0 saturated heterocycles. The van der Waals surface area contributed by atoms with E-state index in [0.717, 1.165) is 12.8 Å². The van der Waals surface area contributed by atoms with Crippen LogP contribution in [0.4, 0.5) is 5.13 Å². The number of rotatable bonds is 4. The molecule has 0 saturated carbocycles. The fourth-order valence-corrected chi connectivity index (χ4v) is 1.94. The third kappa shape index (κ3) is 2.68. The Kier molecular flexibility index (Phi) is 3.48. The van der Waals surface area contributed by atoms with Gasteiger partial charge < -0.3 is 5.73 Å². The number of unbranched alkanes of at least 4 members (excludes halogenated alkanes) is 1. The highest BCUT2D eigenvalue weighted by molar-refractivity contribution is 7.18. The number of aromatic nitrogens is 4. The number of aryl methyl sites for hydroxylation is 1. The molecule has 0 bridgehead atoms. The zero-order chi connectivity index (χ0) is 12.3. The molecule has 2 N–H and O–H groups in total. The fourth-order valence-electron chi connectivity index (χ4n) is 1.37. The minimum absolute atomic E-state index is 0.0975. The maximum Gasteiger partial charge on any atom is 0.266 e. The van der Waals surface area contributed by atoms with Gasteiger partial charge in [0.25, 0.3) is 5.56 Å². The molecule has 0 atom stereocenters. The van der Waals surface area contributed by atoms with E-state index in [-0.39, 0.29) is 5.56 Å². The second-order valence-electron chi connectivity index (χ2n) is 3.58. The standard InChI is InChI=1S/C10H13N5OS/c1-2-3-6-15-8(16)5-4-7(14-15)9-12-13-10(11)17-9/h4-5H,2-3,6H2,1H3,(H2,11,13). The lowest BCUT2D eigenvalue weighted by Crippen LogP contribution is -2.22. The van der Waals surface area contributed by atoms with E-state index in [1.165, 1.54) is 22.1 Å². The van der Waals surface area contributed by atoms with E-state index in [9.17, 15) is 4.79 Å². The zero-order valence-corrected chi connectivity index (χ0v) is 10.3. The molecule has 0 aliphatic rings. The lowest BCUT2D eigenvalue weighted by atomic mass is 10.3. The molecule has 0 amide bonds. The van der Waals surface area contributed by atoms with Crippen molar-refractivity contribution in [1.82, 2.24) is 20.0 Å². The molecule has 0 spiro atoms. The van der Waals surface area contributed by atoms with Crippen molar-refractivity contribution >= 4 is 16.5 Å². The van der Waals surface area contributed by atoms with Crippen LogP contribution < -0.4 is 11.3 Å². The third-order valence-electron chi connectivity index (χ3n) is 2.25. The largest absolute Gasteiger partial charge is 0.374 e. The topological polar surface area (TPSA) is 86.7 Å². The summed E-state index contributed by atoms with van der Waals surface area (Å²) in [6.45, 7) is 2.69. The average Bonchev–Trinajstić information content (AvgIpc) is 2.75. The van der Waals surface area contributed by atoms with Crippen LogP contribution in [0.25, 0.3) is 10.7 Å². The van der Waals surface area contributed by atoms with Gasteiger partial charge in [0.1, 0.15) is 5.69 Å². The van der Waals surface area contributed by atoms with E-state index in [1.807, 2.05) is 0 Å². The predicted molar refractivity (Wildman–Crippen MR) is 66.7 cm³/mol. The summed E-state index contributed by atoms with van der Waals surface area (Å²) in [6.07, 6.45) is 1.94. The lowest BCUT2D eigenvalue weighted by Gasteiger charge is -2.03. The summed E-state index contributed by atoms with van der Waals surface area (Å²) in [7, 11) is 0. The van der Waals surface area contributed by atoms with Crippen molar-refractivity contribution in [3.63, 3.8) is 0 Å². The van der Waals surface area contributed by atoms with Crippen LogP contribution in [0.3, 0.4) is 0 Å². The maximum absolute atomic E-state index is 11.6. The van der Waals surface area contributed by atoms with Crippen LogP contribution in [0.15, 0.2) is 16.9 Å². The molecule has 2 rings (SSSR count). The van der Waals surface area contributed by atoms with E-state index < -0.39 is 0 Å². The third-order valence-corrected chi connectivity index (χ3v) is 3.02. The Morgan fingerprint density at radius 1 is 1.41 bits per heavy atom. The van der Waals surface area contributed by atoms with Crippen molar-refractivity contribution < 1.29 is 0 Å². The van der Waals surface area contributed by atoms with Crippen molar-refractivity contribution in [2.24, 2.45) is 0 Å². The summed E-state index contributed by atoms with van der Waals surface area (Å²) in [6, 6.07) is 3.14. The number of anilines is 1. The average molecular weight is 251 g/mol. The molecule has 17 heavy (non-hydrogen) atoms. The molecule has 2 heterocycles. The highest BCUT2D eigenvalue weighted by Gasteiger charge is 2.07.